The molecule has 2 amide bonds. The van der Waals surface area contributed by atoms with Gasteiger partial charge in [0.2, 0.25) is 10.0 Å². The van der Waals surface area contributed by atoms with Gasteiger partial charge in [0, 0.05) is 24.3 Å². The first-order valence-corrected chi connectivity index (χ1v) is 9.54. The summed E-state index contributed by atoms with van der Waals surface area (Å²) in [6.07, 6.45) is 1.03. The Morgan fingerprint density at radius 2 is 1.50 bits per heavy atom. The molecule has 0 spiro atoms. The van der Waals surface area contributed by atoms with Gasteiger partial charge in [0.05, 0.1) is 11.8 Å². The molecule has 0 aliphatic carbocycles. The van der Waals surface area contributed by atoms with Gasteiger partial charge in [-0.05, 0) is 36.4 Å². The number of hydrogen-bond acceptors (Lipinski definition) is 4. The molecule has 0 bridgehead atoms. The predicted octanol–water partition coefficient (Wildman–Crippen LogP) is 1.36. The quantitative estimate of drug-likeness (QED) is 0.632. The van der Waals surface area contributed by atoms with Crippen molar-refractivity contribution in [2.75, 3.05) is 24.1 Å². The molecule has 0 saturated heterocycles. The van der Waals surface area contributed by atoms with Crippen molar-refractivity contribution in [3.63, 3.8) is 0 Å². The summed E-state index contributed by atoms with van der Waals surface area (Å²) < 4.78 is 38.0. The second kappa shape index (κ2) is 8.43. The van der Waals surface area contributed by atoms with E-state index in [1.807, 2.05) is 0 Å². The number of rotatable bonds is 7. The Kier molecular flexibility index (Phi) is 6.29. The van der Waals surface area contributed by atoms with Gasteiger partial charge in [0.15, 0.2) is 0 Å². The van der Waals surface area contributed by atoms with Crippen molar-refractivity contribution < 1.29 is 22.4 Å². The number of carbonyl (C=O) groups excluding carboxylic acids is 2. The summed E-state index contributed by atoms with van der Waals surface area (Å²) >= 11 is 0. The maximum atomic E-state index is 13.5. The van der Waals surface area contributed by atoms with Gasteiger partial charge in [-0.3, -0.25) is 14.3 Å². The highest BCUT2D eigenvalue weighted by molar-refractivity contribution is 7.92. The summed E-state index contributed by atoms with van der Waals surface area (Å²) in [6.45, 7) is 0.287. The summed E-state index contributed by atoms with van der Waals surface area (Å²) in [5.41, 5.74) is 0.624. The Morgan fingerprint density at radius 1 is 0.923 bits per heavy atom. The summed E-state index contributed by atoms with van der Waals surface area (Å²) in [4.78, 5) is 23.8. The normalized spacial score (nSPS) is 10.8. The van der Waals surface area contributed by atoms with Crippen molar-refractivity contribution in [3.05, 3.63) is 65.5 Å². The number of halogens is 1. The minimum atomic E-state index is -3.38. The van der Waals surface area contributed by atoms with E-state index in [1.165, 1.54) is 42.5 Å². The minimum absolute atomic E-state index is 0.0622. The van der Waals surface area contributed by atoms with Crippen molar-refractivity contribution in [2.45, 2.75) is 0 Å². The topological polar surface area (TPSA) is 104 Å². The molecular weight excluding hydrogens is 361 g/mol. The number of carbonyl (C=O) groups is 2. The monoisotopic (exact) mass is 379 g/mol. The number of hydrogen-bond donors (Lipinski definition) is 3. The van der Waals surface area contributed by atoms with Crippen LogP contribution < -0.4 is 15.4 Å². The van der Waals surface area contributed by atoms with Gasteiger partial charge in [-0.25, -0.2) is 12.8 Å². The molecule has 26 heavy (non-hydrogen) atoms. The molecule has 0 unspecified atom stereocenters. The standard InChI is InChI=1S/C17H18FN3O4S/c1-26(24,25)21-13-8-6-12(7-9-13)16(22)19-10-11-20-17(23)14-4-2-3-5-15(14)18/h2-9,21H,10-11H2,1H3,(H,19,22)(H,20,23). The lowest BCUT2D eigenvalue weighted by Gasteiger charge is -2.08. The molecule has 2 rings (SSSR count). The van der Waals surface area contributed by atoms with Crippen LogP contribution in [0.1, 0.15) is 20.7 Å². The summed E-state index contributed by atoms with van der Waals surface area (Å²) in [5, 5.41) is 5.11. The molecule has 9 heteroatoms. The Morgan fingerprint density at radius 3 is 2.08 bits per heavy atom. The molecule has 2 aromatic carbocycles. The van der Waals surface area contributed by atoms with Crippen LogP contribution in [0, 0.1) is 5.82 Å². The van der Waals surface area contributed by atoms with Crippen molar-refractivity contribution >= 4 is 27.5 Å². The number of benzene rings is 2. The van der Waals surface area contributed by atoms with Crippen molar-refractivity contribution in [2.24, 2.45) is 0 Å². The Labute approximate surface area is 150 Å². The Bertz CT molecular complexity index is 898. The van der Waals surface area contributed by atoms with Crippen molar-refractivity contribution in [1.82, 2.24) is 10.6 Å². The summed E-state index contributed by atoms with van der Waals surface area (Å²) in [6, 6.07) is 11.5. The minimum Gasteiger partial charge on any atom is -0.350 e. The molecule has 0 atom stereocenters. The van der Waals surface area contributed by atoms with Gasteiger partial charge in [-0.15, -0.1) is 0 Å². The maximum Gasteiger partial charge on any atom is 0.254 e. The van der Waals surface area contributed by atoms with Crippen LogP contribution in [0.25, 0.3) is 0 Å². The van der Waals surface area contributed by atoms with Crippen LogP contribution in [-0.4, -0.2) is 39.6 Å². The highest BCUT2D eigenvalue weighted by Gasteiger charge is 2.10. The molecule has 0 radical (unpaired) electrons. The van der Waals surface area contributed by atoms with E-state index in [0.717, 1.165) is 6.26 Å². The van der Waals surface area contributed by atoms with Gasteiger partial charge in [0.1, 0.15) is 5.82 Å². The van der Waals surface area contributed by atoms with Gasteiger partial charge in [-0.1, -0.05) is 12.1 Å². The molecule has 0 aliphatic rings. The summed E-state index contributed by atoms with van der Waals surface area (Å²) in [7, 11) is -3.38. The third-order valence-corrected chi connectivity index (χ3v) is 3.87. The molecule has 2 aromatic rings. The van der Waals surface area contributed by atoms with Gasteiger partial charge in [-0.2, -0.15) is 0 Å². The fourth-order valence-corrected chi connectivity index (χ4v) is 2.66. The molecule has 0 aromatic heterocycles. The van der Waals surface area contributed by atoms with Crippen LogP contribution in [0.3, 0.4) is 0 Å². The smallest absolute Gasteiger partial charge is 0.254 e. The molecule has 3 N–H and O–H groups in total. The van der Waals surface area contributed by atoms with Crippen LogP contribution in [0.15, 0.2) is 48.5 Å². The lowest BCUT2D eigenvalue weighted by Crippen LogP contribution is -2.35. The van der Waals surface area contributed by atoms with E-state index in [4.69, 9.17) is 0 Å². The Balaban J connectivity index is 1.80. The first-order valence-electron chi connectivity index (χ1n) is 7.65. The number of anilines is 1. The van der Waals surface area contributed by atoms with Gasteiger partial charge in [0.25, 0.3) is 11.8 Å². The van der Waals surface area contributed by atoms with Crippen LogP contribution in [-0.2, 0) is 10.0 Å². The number of nitrogens with one attached hydrogen (secondary N) is 3. The first kappa shape index (κ1) is 19.4. The van der Waals surface area contributed by atoms with Crippen molar-refractivity contribution in [3.8, 4) is 0 Å². The number of sulfonamides is 1. The Hall–Kier alpha value is -2.94. The largest absolute Gasteiger partial charge is 0.350 e. The highest BCUT2D eigenvalue weighted by atomic mass is 32.2. The van der Waals surface area contributed by atoms with Gasteiger partial charge >= 0.3 is 0 Å². The average Bonchev–Trinajstić information content (AvgIpc) is 2.58. The van der Waals surface area contributed by atoms with Gasteiger partial charge < -0.3 is 10.6 Å². The molecule has 0 fully saturated rings. The zero-order chi connectivity index (χ0) is 19.2. The fraction of sp³-hybridized carbons (Fsp3) is 0.176. The maximum absolute atomic E-state index is 13.5. The first-order chi connectivity index (χ1) is 12.3. The highest BCUT2D eigenvalue weighted by Crippen LogP contribution is 2.10. The molecular formula is C17H18FN3O4S. The lowest BCUT2D eigenvalue weighted by molar-refractivity contribution is 0.0925. The SMILES string of the molecule is CS(=O)(=O)Nc1ccc(C(=O)NCCNC(=O)c2ccccc2F)cc1. The third-order valence-electron chi connectivity index (χ3n) is 3.26. The van der Waals surface area contributed by atoms with E-state index in [0.29, 0.717) is 11.3 Å². The van der Waals surface area contributed by atoms with E-state index < -0.39 is 21.7 Å². The molecule has 0 saturated carbocycles. The van der Waals surface area contributed by atoms with Crippen LogP contribution in [0.2, 0.25) is 0 Å². The molecule has 138 valence electrons. The van der Waals surface area contributed by atoms with Crippen LogP contribution in [0.5, 0.6) is 0 Å². The number of amides is 2. The van der Waals surface area contributed by atoms with E-state index in [-0.39, 0.29) is 24.6 Å². The van der Waals surface area contributed by atoms with Crippen LogP contribution >= 0.6 is 0 Å². The zero-order valence-electron chi connectivity index (χ0n) is 14.0. The second-order valence-corrected chi connectivity index (χ2v) is 7.19. The molecule has 0 aliphatic heterocycles. The fourth-order valence-electron chi connectivity index (χ4n) is 2.10. The zero-order valence-corrected chi connectivity index (χ0v) is 14.8. The lowest BCUT2D eigenvalue weighted by atomic mass is 10.2. The average molecular weight is 379 g/mol. The van der Waals surface area contributed by atoms with E-state index in [9.17, 15) is 22.4 Å². The van der Waals surface area contributed by atoms with E-state index in [2.05, 4.69) is 15.4 Å². The second-order valence-electron chi connectivity index (χ2n) is 5.44. The van der Waals surface area contributed by atoms with Crippen molar-refractivity contribution in [1.29, 1.82) is 0 Å². The summed E-state index contributed by atoms with van der Waals surface area (Å²) in [5.74, 6) is -1.55. The van der Waals surface area contributed by atoms with Crippen LogP contribution in [0.4, 0.5) is 10.1 Å². The third kappa shape index (κ3) is 5.85. The van der Waals surface area contributed by atoms with E-state index >= 15 is 0 Å². The molecule has 7 nitrogen and oxygen atoms in total. The molecule has 0 heterocycles. The predicted molar refractivity (Wildman–Crippen MR) is 96.0 cm³/mol. The van der Waals surface area contributed by atoms with E-state index in [1.54, 1.807) is 6.07 Å².